The van der Waals surface area contributed by atoms with Gasteiger partial charge in [-0.1, -0.05) is 36.6 Å². The lowest BCUT2D eigenvalue weighted by Crippen LogP contribution is -2.01. The third-order valence-corrected chi connectivity index (χ3v) is 1.92. The average molecular weight is 214 g/mol. The van der Waals surface area contributed by atoms with Gasteiger partial charge in [-0.15, -0.1) is 0 Å². The Labute approximate surface area is 95.9 Å². The second-order valence-corrected chi connectivity index (χ2v) is 3.11. The van der Waals surface area contributed by atoms with Crippen LogP contribution in [0.4, 0.5) is 0 Å². The second kappa shape index (κ2) is 6.47. The molecule has 0 atom stereocenters. The van der Waals surface area contributed by atoms with Gasteiger partial charge in [-0.3, -0.25) is 4.79 Å². The van der Waals surface area contributed by atoms with E-state index in [1.807, 2.05) is 24.3 Å². The van der Waals surface area contributed by atoms with Crippen molar-refractivity contribution in [1.29, 1.82) is 0 Å². The van der Waals surface area contributed by atoms with E-state index in [4.69, 9.17) is 4.74 Å². The van der Waals surface area contributed by atoms with Gasteiger partial charge in [-0.2, -0.15) is 0 Å². The normalized spacial score (nSPS) is 8.81. The van der Waals surface area contributed by atoms with Crippen molar-refractivity contribution in [3.8, 4) is 11.8 Å². The maximum atomic E-state index is 11.0. The predicted molar refractivity (Wildman–Crippen MR) is 64.7 cm³/mol. The number of rotatable bonds is 3. The van der Waals surface area contributed by atoms with Crippen LogP contribution in [0.5, 0.6) is 0 Å². The monoisotopic (exact) mass is 214 g/mol. The minimum atomic E-state index is -0.280. The molecule has 0 saturated heterocycles. The van der Waals surface area contributed by atoms with Gasteiger partial charge in [-0.25, -0.2) is 0 Å². The van der Waals surface area contributed by atoms with Crippen LogP contribution in [-0.2, 0) is 9.53 Å². The Kier molecular flexibility index (Phi) is 4.88. The van der Waals surface area contributed by atoms with E-state index in [0.29, 0.717) is 6.61 Å². The van der Waals surface area contributed by atoms with E-state index < -0.39 is 0 Å². The molecule has 0 aliphatic rings. The SMILES string of the molecule is C=Cc1ccc(C#CCC(=O)OCC)cc1. The van der Waals surface area contributed by atoms with E-state index >= 15 is 0 Å². The van der Waals surface area contributed by atoms with Crippen molar-refractivity contribution >= 4 is 12.0 Å². The zero-order valence-electron chi connectivity index (χ0n) is 9.32. The van der Waals surface area contributed by atoms with Crippen LogP contribution in [0.3, 0.4) is 0 Å². The van der Waals surface area contributed by atoms with Crippen LogP contribution in [0, 0.1) is 11.8 Å². The summed E-state index contributed by atoms with van der Waals surface area (Å²) < 4.78 is 4.76. The first kappa shape index (κ1) is 12.1. The molecule has 16 heavy (non-hydrogen) atoms. The molecule has 2 heteroatoms. The predicted octanol–water partition coefficient (Wildman–Crippen LogP) is 2.63. The van der Waals surface area contributed by atoms with E-state index in [-0.39, 0.29) is 12.4 Å². The molecule has 0 fully saturated rings. The largest absolute Gasteiger partial charge is 0.465 e. The van der Waals surface area contributed by atoms with Gasteiger partial charge < -0.3 is 4.74 Å². The maximum absolute atomic E-state index is 11.0. The van der Waals surface area contributed by atoms with E-state index in [2.05, 4.69) is 18.4 Å². The van der Waals surface area contributed by atoms with E-state index in [1.54, 1.807) is 13.0 Å². The zero-order valence-corrected chi connectivity index (χ0v) is 9.32. The molecule has 0 spiro atoms. The molecular formula is C14H14O2. The smallest absolute Gasteiger partial charge is 0.317 e. The highest BCUT2D eigenvalue weighted by atomic mass is 16.5. The van der Waals surface area contributed by atoms with Crippen LogP contribution in [-0.4, -0.2) is 12.6 Å². The number of ether oxygens (including phenoxy) is 1. The van der Waals surface area contributed by atoms with Crippen molar-refractivity contribution in [2.45, 2.75) is 13.3 Å². The van der Waals surface area contributed by atoms with Crippen molar-refractivity contribution in [2.24, 2.45) is 0 Å². The number of benzene rings is 1. The molecule has 1 rings (SSSR count). The van der Waals surface area contributed by atoms with Crippen molar-refractivity contribution in [1.82, 2.24) is 0 Å². The topological polar surface area (TPSA) is 26.3 Å². The van der Waals surface area contributed by atoms with Crippen LogP contribution in [0.15, 0.2) is 30.8 Å². The summed E-state index contributed by atoms with van der Waals surface area (Å²) in [6.45, 7) is 5.84. The zero-order chi connectivity index (χ0) is 11.8. The third-order valence-electron chi connectivity index (χ3n) is 1.92. The van der Waals surface area contributed by atoms with Crippen molar-refractivity contribution in [3.63, 3.8) is 0 Å². The fourth-order valence-electron chi connectivity index (χ4n) is 1.13. The molecule has 0 aliphatic carbocycles. The Hall–Kier alpha value is -2.01. The molecule has 0 amide bonds. The summed E-state index contributed by atoms with van der Waals surface area (Å²) >= 11 is 0. The highest BCUT2D eigenvalue weighted by Gasteiger charge is 1.95. The van der Waals surface area contributed by atoms with Crippen LogP contribution in [0.25, 0.3) is 6.08 Å². The van der Waals surface area contributed by atoms with Gasteiger partial charge in [0, 0.05) is 5.56 Å². The fraction of sp³-hybridized carbons (Fsp3) is 0.214. The van der Waals surface area contributed by atoms with Crippen LogP contribution >= 0.6 is 0 Å². The lowest BCUT2D eigenvalue weighted by atomic mass is 10.1. The van der Waals surface area contributed by atoms with Crippen molar-refractivity contribution < 1.29 is 9.53 Å². The Bertz CT molecular complexity index is 418. The summed E-state index contributed by atoms with van der Waals surface area (Å²) in [5.41, 5.74) is 1.94. The highest BCUT2D eigenvalue weighted by Crippen LogP contribution is 2.03. The summed E-state index contributed by atoms with van der Waals surface area (Å²) in [5, 5.41) is 0. The van der Waals surface area contributed by atoms with Gasteiger partial charge in [0.05, 0.1) is 6.61 Å². The molecule has 0 aromatic heterocycles. The molecule has 0 heterocycles. The molecule has 1 aromatic carbocycles. The number of carbonyl (C=O) groups is 1. The van der Waals surface area contributed by atoms with E-state index in [1.165, 1.54) is 0 Å². The van der Waals surface area contributed by atoms with Crippen LogP contribution < -0.4 is 0 Å². The first-order valence-corrected chi connectivity index (χ1v) is 5.13. The summed E-state index contributed by atoms with van der Waals surface area (Å²) in [6.07, 6.45) is 1.91. The Morgan fingerprint density at radius 2 is 2.12 bits per heavy atom. The van der Waals surface area contributed by atoms with Gasteiger partial charge in [0.25, 0.3) is 0 Å². The van der Waals surface area contributed by atoms with Gasteiger partial charge in [0.2, 0.25) is 0 Å². The molecule has 1 aromatic rings. The highest BCUT2D eigenvalue weighted by molar-refractivity contribution is 5.72. The molecule has 82 valence electrons. The molecular weight excluding hydrogens is 200 g/mol. The molecule has 0 unspecified atom stereocenters. The van der Waals surface area contributed by atoms with Gasteiger partial charge in [0.15, 0.2) is 0 Å². The van der Waals surface area contributed by atoms with Crippen molar-refractivity contribution in [3.05, 3.63) is 42.0 Å². The quantitative estimate of drug-likeness (QED) is 0.571. The van der Waals surface area contributed by atoms with Crippen molar-refractivity contribution in [2.75, 3.05) is 6.61 Å². The summed E-state index contributed by atoms with van der Waals surface area (Å²) in [6, 6.07) is 7.66. The summed E-state index contributed by atoms with van der Waals surface area (Å²) in [4.78, 5) is 11.0. The van der Waals surface area contributed by atoms with E-state index in [0.717, 1.165) is 11.1 Å². The molecule has 0 aliphatic heterocycles. The first-order valence-electron chi connectivity index (χ1n) is 5.13. The number of hydrogen-bond donors (Lipinski definition) is 0. The third kappa shape index (κ3) is 4.02. The second-order valence-electron chi connectivity index (χ2n) is 3.11. The van der Waals surface area contributed by atoms with Crippen LogP contribution in [0.2, 0.25) is 0 Å². The molecule has 0 saturated carbocycles. The molecule has 0 N–H and O–H groups in total. The standard InChI is InChI=1S/C14H14O2/c1-3-12-8-10-13(11-9-12)6-5-7-14(15)16-4-2/h3,8-11H,1,4,7H2,2H3. The number of esters is 1. The average Bonchev–Trinajstić information content (AvgIpc) is 2.30. The maximum Gasteiger partial charge on any atom is 0.317 e. The minimum Gasteiger partial charge on any atom is -0.465 e. The first-order chi connectivity index (χ1) is 7.76. The summed E-state index contributed by atoms with van der Waals surface area (Å²) in [7, 11) is 0. The number of carbonyl (C=O) groups excluding carboxylic acids is 1. The minimum absolute atomic E-state index is 0.136. The van der Waals surface area contributed by atoms with Crippen LogP contribution in [0.1, 0.15) is 24.5 Å². The Morgan fingerprint density at radius 3 is 2.69 bits per heavy atom. The lowest BCUT2D eigenvalue weighted by Gasteiger charge is -1.95. The molecule has 0 bridgehead atoms. The molecule has 0 radical (unpaired) electrons. The van der Waals surface area contributed by atoms with Gasteiger partial charge >= 0.3 is 5.97 Å². The Balaban J connectivity index is 2.56. The van der Waals surface area contributed by atoms with Gasteiger partial charge in [-0.05, 0) is 24.6 Å². The van der Waals surface area contributed by atoms with Gasteiger partial charge in [0.1, 0.15) is 6.42 Å². The van der Waals surface area contributed by atoms with E-state index in [9.17, 15) is 4.79 Å². The summed E-state index contributed by atoms with van der Waals surface area (Å²) in [5.74, 6) is 5.39. The fourth-order valence-corrected chi connectivity index (χ4v) is 1.13. The molecule has 2 nitrogen and oxygen atoms in total. The lowest BCUT2D eigenvalue weighted by molar-refractivity contribution is -0.141. The Morgan fingerprint density at radius 1 is 1.44 bits per heavy atom. The number of hydrogen-bond acceptors (Lipinski definition) is 2.